The second-order valence-corrected chi connectivity index (χ2v) is 4.43. The maximum atomic E-state index is 5.96. The van der Waals surface area contributed by atoms with E-state index in [9.17, 15) is 0 Å². The molecule has 0 aliphatic heterocycles. The van der Waals surface area contributed by atoms with Crippen LogP contribution in [0.1, 0.15) is 37.8 Å². The van der Waals surface area contributed by atoms with E-state index in [2.05, 4.69) is 16.6 Å². The number of nitrogens with two attached hydrogens (primary N) is 1. The molecular formula is C11H19N3. The SMILES string of the molecule is Cn1cncc1C1(CN)CCCCC1. The van der Waals surface area contributed by atoms with Crippen LogP contribution in [-0.4, -0.2) is 16.1 Å². The van der Waals surface area contributed by atoms with E-state index in [4.69, 9.17) is 5.73 Å². The summed E-state index contributed by atoms with van der Waals surface area (Å²) in [4.78, 5) is 4.20. The topological polar surface area (TPSA) is 43.8 Å². The first-order valence-electron chi connectivity index (χ1n) is 5.45. The number of hydrogen-bond acceptors (Lipinski definition) is 2. The van der Waals surface area contributed by atoms with Gasteiger partial charge in [0.15, 0.2) is 0 Å². The van der Waals surface area contributed by atoms with Gasteiger partial charge in [0.2, 0.25) is 0 Å². The molecule has 2 N–H and O–H groups in total. The molecule has 1 aromatic rings. The third-order valence-corrected chi connectivity index (χ3v) is 3.56. The minimum absolute atomic E-state index is 0.212. The van der Waals surface area contributed by atoms with Crippen LogP contribution in [0.3, 0.4) is 0 Å². The lowest BCUT2D eigenvalue weighted by Gasteiger charge is -2.36. The van der Waals surface area contributed by atoms with Crippen molar-refractivity contribution in [1.82, 2.24) is 9.55 Å². The summed E-state index contributed by atoms with van der Waals surface area (Å²) in [5, 5.41) is 0. The van der Waals surface area contributed by atoms with Crippen LogP contribution >= 0.6 is 0 Å². The van der Waals surface area contributed by atoms with Crippen LogP contribution < -0.4 is 5.73 Å². The second-order valence-electron chi connectivity index (χ2n) is 4.43. The van der Waals surface area contributed by atoms with Gasteiger partial charge in [-0.3, -0.25) is 0 Å². The maximum Gasteiger partial charge on any atom is 0.0945 e. The molecule has 0 aromatic carbocycles. The molecular weight excluding hydrogens is 174 g/mol. The van der Waals surface area contributed by atoms with E-state index >= 15 is 0 Å². The van der Waals surface area contributed by atoms with Gasteiger partial charge < -0.3 is 10.3 Å². The highest BCUT2D eigenvalue weighted by Crippen LogP contribution is 2.37. The molecule has 0 amide bonds. The molecule has 3 nitrogen and oxygen atoms in total. The van der Waals surface area contributed by atoms with Crippen molar-refractivity contribution in [3.63, 3.8) is 0 Å². The van der Waals surface area contributed by atoms with Crippen molar-refractivity contribution in [2.24, 2.45) is 12.8 Å². The molecule has 3 heteroatoms. The Kier molecular flexibility index (Phi) is 2.59. The molecule has 0 radical (unpaired) electrons. The molecule has 0 unspecified atom stereocenters. The van der Waals surface area contributed by atoms with Gasteiger partial charge in [0, 0.05) is 30.9 Å². The van der Waals surface area contributed by atoms with Crippen LogP contribution in [0.4, 0.5) is 0 Å². The Morgan fingerprint density at radius 2 is 2.14 bits per heavy atom. The van der Waals surface area contributed by atoms with Gasteiger partial charge in [-0.15, -0.1) is 0 Å². The van der Waals surface area contributed by atoms with E-state index in [-0.39, 0.29) is 5.41 Å². The Hall–Kier alpha value is -0.830. The van der Waals surface area contributed by atoms with Crippen LogP contribution in [0.5, 0.6) is 0 Å². The fourth-order valence-electron chi connectivity index (χ4n) is 2.66. The van der Waals surface area contributed by atoms with Crippen molar-refractivity contribution in [1.29, 1.82) is 0 Å². The summed E-state index contributed by atoms with van der Waals surface area (Å²) >= 11 is 0. The Morgan fingerprint density at radius 1 is 1.43 bits per heavy atom. The Labute approximate surface area is 85.3 Å². The molecule has 0 bridgehead atoms. The lowest BCUT2D eigenvalue weighted by atomic mass is 9.72. The summed E-state index contributed by atoms with van der Waals surface area (Å²) in [5.74, 6) is 0. The average Bonchev–Trinajstić information content (AvgIpc) is 2.66. The molecule has 0 atom stereocenters. The number of imidazole rings is 1. The molecule has 14 heavy (non-hydrogen) atoms. The van der Waals surface area contributed by atoms with Crippen molar-refractivity contribution < 1.29 is 0 Å². The summed E-state index contributed by atoms with van der Waals surface area (Å²) in [5.41, 5.74) is 7.49. The number of rotatable bonds is 2. The van der Waals surface area contributed by atoms with Crippen molar-refractivity contribution in [2.45, 2.75) is 37.5 Å². The van der Waals surface area contributed by atoms with E-state index in [0.717, 1.165) is 6.54 Å². The van der Waals surface area contributed by atoms with Crippen LogP contribution in [0.2, 0.25) is 0 Å². The van der Waals surface area contributed by atoms with Gasteiger partial charge in [-0.1, -0.05) is 19.3 Å². The van der Waals surface area contributed by atoms with Crippen LogP contribution in [0.25, 0.3) is 0 Å². The molecule has 1 heterocycles. The zero-order valence-corrected chi connectivity index (χ0v) is 8.87. The van der Waals surface area contributed by atoms with E-state index in [1.54, 1.807) is 0 Å². The molecule has 1 saturated carbocycles. The van der Waals surface area contributed by atoms with Gasteiger partial charge in [-0.2, -0.15) is 0 Å². The lowest BCUT2D eigenvalue weighted by molar-refractivity contribution is 0.287. The van der Waals surface area contributed by atoms with E-state index in [0.29, 0.717) is 0 Å². The first-order valence-corrected chi connectivity index (χ1v) is 5.45. The summed E-state index contributed by atoms with van der Waals surface area (Å²) in [6.07, 6.45) is 10.3. The molecule has 0 spiro atoms. The first-order chi connectivity index (χ1) is 6.78. The molecule has 1 aliphatic rings. The van der Waals surface area contributed by atoms with Crippen LogP contribution in [0, 0.1) is 0 Å². The summed E-state index contributed by atoms with van der Waals surface area (Å²) in [6, 6.07) is 0. The fraction of sp³-hybridized carbons (Fsp3) is 0.727. The molecule has 0 saturated heterocycles. The third kappa shape index (κ3) is 1.46. The van der Waals surface area contributed by atoms with E-state index in [1.807, 2.05) is 12.5 Å². The minimum atomic E-state index is 0.212. The van der Waals surface area contributed by atoms with Crippen molar-refractivity contribution in [3.8, 4) is 0 Å². The number of nitrogens with zero attached hydrogens (tertiary/aromatic N) is 2. The zero-order chi connectivity index (χ0) is 10.0. The number of hydrogen-bond donors (Lipinski definition) is 1. The van der Waals surface area contributed by atoms with Gasteiger partial charge in [-0.25, -0.2) is 4.98 Å². The predicted octanol–water partition coefficient (Wildman–Crippen LogP) is 1.58. The Balaban J connectivity index is 2.31. The standard InChI is InChI=1S/C11H19N3/c1-14-9-13-7-10(14)11(8-12)5-3-2-4-6-11/h7,9H,2-6,8,12H2,1H3. The largest absolute Gasteiger partial charge is 0.337 e. The fourth-order valence-corrected chi connectivity index (χ4v) is 2.66. The molecule has 2 rings (SSSR count). The second kappa shape index (κ2) is 3.73. The number of aryl methyl sites for hydroxylation is 1. The smallest absolute Gasteiger partial charge is 0.0945 e. The zero-order valence-electron chi connectivity index (χ0n) is 8.87. The summed E-state index contributed by atoms with van der Waals surface area (Å²) in [7, 11) is 2.06. The molecule has 1 aromatic heterocycles. The van der Waals surface area contributed by atoms with Gasteiger partial charge in [-0.05, 0) is 12.8 Å². The first kappa shape index (κ1) is 9.71. The normalized spacial score (nSPS) is 21.0. The predicted molar refractivity (Wildman–Crippen MR) is 57.0 cm³/mol. The highest BCUT2D eigenvalue weighted by atomic mass is 15.0. The van der Waals surface area contributed by atoms with Gasteiger partial charge in [0.1, 0.15) is 0 Å². The van der Waals surface area contributed by atoms with E-state index < -0.39 is 0 Å². The van der Waals surface area contributed by atoms with E-state index in [1.165, 1.54) is 37.8 Å². The highest BCUT2D eigenvalue weighted by Gasteiger charge is 2.34. The molecule has 1 fully saturated rings. The van der Waals surface area contributed by atoms with Gasteiger partial charge >= 0.3 is 0 Å². The maximum absolute atomic E-state index is 5.96. The van der Waals surface area contributed by atoms with Gasteiger partial charge in [0.05, 0.1) is 6.33 Å². The monoisotopic (exact) mass is 193 g/mol. The molecule has 78 valence electrons. The van der Waals surface area contributed by atoms with Crippen molar-refractivity contribution in [2.75, 3.05) is 6.54 Å². The quantitative estimate of drug-likeness (QED) is 0.775. The van der Waals surface area contributed by atoms with Crippen molar-refractivity contribution in [3.05, 3.63) is 18.2 Å². The van der Waals surface area contributed by atoms with Crippen LogP contribution in [0.15, 0.2) is 12.5 Å². The third-order valence-electron chi connectivity index (χ3n) is 3.56. The van der Waals surface area contributed by atoms with Crippen LogP contribution in [-0.2, 0) is 12.5 Å². The highest BCUT2D eigenvalue weighted by molar-refractivity contribution is 5.17. The van der Waals surface area contributed by atoms with Crippen molar-refractivity contribution >= 4 is 0 Å². The Bertz CT molecular complexity index is 297. The lowest BCUT2D eigenvalue weighted by Crippen LogP contribution is -2.38. The Morgan fingerprint density at radius 3 is 2.64 bits per heavy atom. The molecule has 1 aliphatic carbocycles. The van der Waals surface area contributed by atoms with Gasteiger partial charge in [0.25, 0.3) is 0 Å². The number of aromatic nitrogens is 2. The summed E-state index contributed by atoms with van der Waals surface area (Å²) in [6.45, 7) is 0.756. The summed E-state index contributed by atoms with van der Waals surface area (Å²) < 4.78 is 2.12. The average molecular weight is 193 g/mol. The minimum Gasteiger partial charge on any atom is -0.337 e.